The van der Waals surface area contributed by atoms with Gasteiger partial charge in [-0.3, -0.25) is 4.79 Å². The smallest absolute Gasteiger partial charge is 0.325 e. The molecule has 2 aliphatic heterocycles. The Morgan fingerprint density at radius 2 is 1.83 bits per heavy atom. The highest BCUT2D eigenvalue weighted by Crippen LogP contribution is 2.50. The van der Waals surface area contributed by atoms with Crippen molar-refractivity contribution in [2.24, 2.45) is 5.92 Å². The average molecular weight is 630 g/mol. The molecule has 0 bridgehead atoms. The highest BCUT2D eigenvalue weighted by Gasteiger charge is 2.42. The Bertz CT molecular complexity index is 828. The van der Waals surface area contributed by atoms with Crippen molar-refractivity contribution in [1.29, 1.82) is 0 Å². The lowest BCUT2D eigenvalue weighted by molar-refractivity contribution is -0.282. The molecule has 12 nitrogen and oxygen atoms in total. The first-order valence-electron chi connectivity index (χ1n) is 14.6. The third kappa shape index (κ3) is 13.5. The maximum absolute atomic E-state index is 12.3. The van der Waals surface area contributed by atoms with Crippen LogP contribution in [0.2, 0.25) is 0 Å². The van der Waals surface area contributed by atoms with Crippen LogP contribution in [-0.4, -0.2) is 107 Å². The van der Waals surface area contributed by atoms with E-state index in [2.05, 4.69) is 5.32 Å². The standard InChI is InChI=1S/C27H52NO11PS/c1-17(2)35-16-22-20(38-40(33,41)39-27(4,5)6)14-19(36-22)10-9-12-28-23(30)11-7-8-13-34-26-18(3)24(31)25(32)21(15-29)37-26/h17-22,24-26,29,31-32H,7-16H2,1-6H3,(H,28,30)(H,33,41)/t18-,19+,20?,21-,22-,24-,25+,26-,40?/m1/s1. The fraction of sp³-hybridized carbons (Fsp3) is 0.963. The van der Waals surface area contributed by atoms with Gasteiger partial charge in [0.05, 0.1) is 43.2 Å². The zero-order valence-corrected chi connectivity index (χ0v) is 27.0. The largest absolute Gasteiger partial charge is 0.394 e. The molecular weight excluding hydrogens is 577 g/mol. The minimum absolute atomic E-state index is 0.0211. The molecule has 2 saturated heterocycles. The molecule has 242 valence electrons. The second-order valence-corrected chi connectivity index (χ2v) is 14.8. The van der Waals surface area contributed by atoms with E-state index >= 15 is 0 Å². The van der Waals surface area contributed by atoms with E-state index in [1.165, 1.54) is 0 Å². The number of nitrogens with one attached hydrogen (secondary N) is 1. The van der Waals surface area contributed by atoms with Crippen molar-refractivity contribution < 1.29 is 53.0 Å². The number of hydrogen-bond acceptors (Lipinski definition) is 11. The summed E-state index contributed by atoms with van der Waals surface area (Å²) in [5.74, 6) is -0.496. The van der Waals surface area contributed by atoms with Crippen molar-refractivity contribution in [3.63, 3.8) is 0 Å². The zero-order valence-electron chi connectivity index (χ0n) is 25.3. The van der Waals surface area contributed by atoms with Gasteiger partial charge in [-0.1, -0.05) is 6.92 Å². The van der Waals surface area contributed by atoms with Gasteiger partial charge in [0.15, 0.2) is 6.29 Å². The van der Waals surface area contributed by atoms with Gasteiger partial charge in [0, 0.05) is 31.9 Å². The van der Waals surface area contributed by atoms with E-state index in [1.54, 1.807) is 6.92 Å². The molecule has 2 unspecified atom stereocenters. The van der Waals surface area contributed by atoms with E-state index < -0.39 is 55.6 Å². The fourth-order valence-corrected chi connectivity index (χ4v) is 7.02. The Hall–Kier alpha value is -0.280. The number of carbonyl (C=O) groups excluding carboxylic acids is 1. The lowest BCUT2D eigenvalue weighted by Crippen LogP contribution is -2.55. The Kier molecular flexibility index (Phi) is 15.5. The Balaban J connectivity index is 1.66. The summed E-state index contributed by atoms with van der Waals surface area (Å²) in [5.41, 5.74) is -0.640. The molecule has 0 spiro atoms. The van der Waals surface area contributed by atoms with E-state index in [-0.39, 0.29) is 24.2 Å². The molecule has 1 amide bonds. The van der Waals surface area contributed by atoms with Crippen molar-refractivity contribution in [3.05, 3.63) is 0 Å². The van der Waals surface area contributed by atoms with Crippen molar-refractivity contribution in [2.45, 2.75) is 135 Å². The van der Waals surface area contributed by atoms with Gasteiger partial charge < -0.3 is 53.5 Å². The first-order valence-corrected chi connectivity index (χ1v) is 17.2. The van der Waals surface area contributed by atoms with Crippen molar-refractivity contribution >= 4 is 24.4 Å². The molecule has 9 atom stereocenters. The molecule has 0 aromatic rings. The Labute approximate surface area is 249 Å². The first kappa shape index (κ1) is 36.9. The van der Waals surface area contributed by atoms with Crippen LogP contribution in [0.1, 0.15) is 80.1 Å². The van der Waals surface area contributed by atoms with Crippen LogP contribution in [0.3, 0.4) is 0 Å². The van der Waals surface area contributed by atoms with E-state index in [0.717, 1.165) is 0 Å². The number of carbonyl (C=O) groups is 1. The molecule has 14 heteroatoms. The second kappa shape index (κ2) is 17.3. The highest BCUT2D eigenvalue weighted by atomic mass is 32.5. The molecule has 0 radical (unpaired) electrons. The second-order valence-electron chi connectivity index (χ2n) is 12.1. The van der Waals surface area contributed by atoms with E-state index in [4.69, 9.17) is 39.8 Å². The van der Waals surface area contributed by atoms with Gasteiger partial charge in [-0.25, -0.2) is 0 Å². The van der Waals surface area contributed by atoms with Crippen LogP contribution in [-0.2, 0) is 44.6 Å². The van der Waals surface area contributed by atoms with Gasteiger partial charge in [-0.05, 0) is 72.1 Å². The lowest BCUT2D eigenvalue weighted by Gasteiger charge is -2.40. The molecule has 2 aliphatic rings. The van der Waals surface area contributed by atoms with Gasteiger partial charge in [0.2, 0.25) is 5.91 Å². The molecule has 2 heterocycles. The monoisotopic (exact) mass is 629 g/mol. The lowest BCUT2D eigenvalue weighted by atomic mass is 9.92. The number of unbranched alkanes of at least 4 members (excludes halogenated alkanes) is 1. The van der Waals surface area contributed by atoms with Gasteiger partial charge >= 0.3 is 6.72 Å². The van der Waals surface area contributed by atoms with E-state index in [9.17, 15) is 25.0 Å². The van der Waals surface area contributed by atoms with Gasteiger partial charge in [-0.15, -0.1) is 0 Å². The van der Waals surface area contributed by atoms with Crippen LogP contribution in [0, 0.1) is 5.92 Å². The number of hydrogen-bond donors (Lipinski definition) is 5. The van der Waals surface area contributed by atoms with Crippen molar-refractivity contribution in [1.82, 2.24) is 5.32 Å². The molecule has 2 fully saturated rings. The van der Waals surface area contributed by atoms with Crippen molar-refractivity contribution in [3.8, 4) is 0 Å². The average Bonchev–Trinajstić information content (AvgIpc) is 3.23. The summed E-state index contributed by atoms with van der Waals surface area (Å²) < 4.78 is 34.6. The molecule has 41 heavy (non-hydrogen) atoms. The predicted octanol–water partition coefficient (Wildman–Crippen LogP) is 2.14. The summed E-state index contributed by atoms with van der Waals surface area (Å²) in [4.78, 5) is 22.8. The Morgan fingerprint density at radius 1 is 1.12 bits per heavy atom. The fourth-order valence-electron chi connectivity index (χ4n) is 4.71. The predicted molar refractivity (Wildman–Crippen MR) is 156 cm³/mol. The summed E-state index contributed by atoms with van der Waals surface area (Å²) in [5, 5.41) is 32.3. The van der Waals surface area contributed by atoms with Crippen LogP contribution in [0.5, 0.6) is 0 Å². The minimum atomic E-state index is -3.46. The number of ether oxygens (including phenoxy) is 4. The molecule has 0 aliphatic carbocycles. The summed E-state index contributed by atoms with van der Waals surface area (Å²) in [6, 6.07) is 0. The summed E-state index contributed by atoms with van der Waals surface area (Å²) in [7, 11) is 0. The molecule has 2 rings (SSSR count). The van der Waals surface area contributed by atoms with Gasteiger partial charge in [0.1, 0.15) is 18.3 Å². The summed E-state index contributed by atoms with van der Waals surface area (Å²) in [6.45, 7) is 8.30. The molecule has 0 saturated carbocycles. The maximum atomic E-state index is 12.3. The van der Waals surface area contributed by atoms with Gasteiger partial charge in [-0.2, -0.15) is 0 Å². The third-order valence-corrected chi connectivity index (χ3v) is 8.62. The molecule has 5 N–H and O–H groups in total. The number of aliphatic hydroxyl groups excluding tert-OH is 3. The number of aliphatic hydroxyl groups is 3. The highest BCUT2D eigenvalue weighted by molar-refractivity contribution is 8.07. The normalized spacial score (nSPS) is 32.3. The van der Waals surface area contributed by atoms with Crippen LogP contribution < -0.4 is 5.32 Å². The van der Waals surface area contributed by atoms with Crippen molar-refractivity contribution in [2.75, 3.05) is 26.4 Å². The minimum Gasteiger partial charge on any atom is -0.394 e. The Morgan fingerprint density at radius 3 is 2.46 bits per heavy atom. The number of amides is 1. The van der Waals surface area contributed by atoms with Crippen LogP contribution in [0.25, 0.3) is 0 Å². The van der Waals surface area contributed by atoms with Crippen LogP contribution in [0.4, 0.5) is 0 Å². The van der Waals surface area contributed by atoms with E-state index in [0.29, 0.717) is 58.3 Å². The van der Waals surface area contributed by atoms with Crippen LogP contribution in [0.15, 0.2) is 0 Å². The molecule has 0 aromatic heterocycles. The zero-order chi connectivity index (χ0) is 30.8. The van der Waals surface area contributed by atoms with Gasteiger partial charge in [0.25, 0.3) is 0 Å². The third-order valence-electron chi connectivity index (χ3n) is 6.82. The summed E-state index contributed by atoms with van der Waals surface area (Å²) >= 11 is 5.23. The van der Waals surface area contributed by atoms with Crippen LogP contribution >= 0.6 is 6.72 Å². The maximum Gasteiger partial charge on any atom is 0.325 e. The topological polar surface area (TPSA) is 165 Å². The SMILES string of the molecule is CC(C)OC[C@H]1O[C@@H](CCCNC(=O)CCCCO[C@@H]2O[C@H](CO)[C@H](O)[C@H](O)[C@H]2C)CC1OP(O)(=S)OC(C)(C)C. The molecule has 0 aromatic carbocycles. The quantitative estimate of drug-likeness (QED) is 0.118. The molecular formula is C27H52NO11PS. The number of rotatable bonds is 17. The first-order chi connectivity index (χ1) is 19.1. The van der Waals surface area contributed by atoms with E-state index in [1.807, 2.05) is 34.6 Å². The summed E-state index contributed by atoms with van der Waals surface area (Å²) in [6.07, 6.45) is -1.18.